The lowest BCUT2D eigenvalue weighted by Crippen LogP contribution is -2.25. The summed E-state index contributed by atoms with van der Waals surface area (Å²) in [5.41, 5.74) is 0.712. The van der Waals surface area contributed by atoms with Gasteiger partial charge in [-0.05, 0) is 23.3 Å². The van der Waals surface area contributed by atoms with Crippen molar-refractivity contribution in [2.75, 3.05) is 7.11 Å². The van der Waals surface area contributed by atoms with Crippen molar-refractivity contribution in [2.45, 2.75) is 32.6 Å². The predicted molar refractivity (Wildman–Crippen MR) is 90.1 cm³/mol. The smallest absolute Gasteiger partial charge is 0.437 e. The molecule has 2 aromatic rings. The maximum atomic E-state index is 11.7. The van der Waals surface area contributed by atoms with E-state index in [9.17, 15) is 9.59 Å². The summed E-state index contributed by atoms with van der Waals surface area (Å²) in [4.78, 5) is 23.1. The van der Waals surface area contributed by atoms with Gasteiger partial charge in [0.25, 0.3) is 0 Å². The van der Waals surface area contributed by atoms with Crippen LogP contribution in [0.4, 0.5) is 4.79 Å². The molecule has 4 nitrogen and oxygen atoms in total. The van der Waals surface area contributed by atoms with E-state index in [2.05, 4.69) is 4.74 Å². The van der Waals surface area contributed by atoms with Crippen molar-refractivity contribution in [1.82, 2.24) is 0 Å². The number of ether oxygens (including phenoxy) is 2. The number of benzene rings is 2. The third-order valence-electron chi connectivity index (χ3n) is 3.84. The van der Waals surface area contributed by atoms with Crippen LogP contribution in [0.5, 0.6) is 5.75 Å². The van der Waals surface area contributed by atoms with Crippen LogP contribution < -0.4 is 4.74 Å². The zero-order chi connectivity index (χ0) is 17.2. The van der Waals surface area contributed by atoms with Gasteiger partial charge in [0.2, 0.25) is 0 Å². The number of hydrogen-bond acceptors (Lipinski definition) is 4. The molecule has 0 unspecified atom stereocenters. The van der Waals surface area contributed by atoms with Crippen LogP contribution in [0.25, 0.3) is 10.8 Å². The molecular weight excluding hydrogens is 291 g/mol. The van der Waals surface area contributed by atoms with Gasteiger partial charge in [-0.1, -0.05) is 44.2 Å². The van der Waals surface area contributed by atoms with E-state index in [1.54, 1.807) is 0 Å². The highest BCUT2D eigenvalue weighted by molar-refractivity contribution is 6.57. The summed E-state index contributed by atoms with van der Waals surface area (Å²) >= 11 is 0. The number of methoxy groups -OCH3 is 1. The summed E-state index contributed by atoms with van der Waals surface area (Å²) in [5.74, 6) is 0.415. The fourth-order valence-electron chi connectivity index (χ4n) is 3.04. The SMILES string of the molecule is [B]C(=O)CC(C)(C)c1c(C)cc2ccccc2c1OC(=O)OC. The van der Waals surface area contributed by atoms with Crippen LogP contribution in [0.1, 0.15) is 31.4 Å². The van der Waals surface area contributed by atoms with Crippen LogP contribution in [0.15, 0.2) is 30.3 Å². The molecule has 0 heterocycles. The molecule has 0 fully saturated rings. The molecule has 0 aliphatic rings. The first-order chi connectivity index (χ1) is 10.8. The molecule has 0 N–H and O–H groups in total. The molecule has 0 amide bonds. The van der Waals surface area contributed by atoms with E-state index >= 15 is 0 Å². The standard InChI is InChI=1S/C18H19BO4/c1-11-9-12-7-5-6-8-13(12)16(23-17(21)22-4)15(11)18(2,3)10-14(19)20/h5-9H,10H2,1-4H3. The van der Waals surface area contributed by atoms with Crippen LogP contribution in [0, 0.1) is 6.92 Å². The summed E-state index contributed by atoms with van der Waals surface area (Å²) < 4.78 is 10.1. The molecule has 0 spiro atoms. The summed E-state index contributed by atoms with van der Waals surface area (Å²) in [6.45, 7) is 5.73. The number of fused-ring (bicyclic) bond motifs is 1. The highest BCUT2D eigenvalue weighted by atomic mass is 16.7. The molecule has 0 bridgehead atoms. The third kappa shape index (κ3) is 3.55. The molecule has 2 rings (SSSR count). The van der Waals surface area contributed by atoms with Crippen LogP contribution in [0.3, 0.4) is 0 Å². The molecule has 0 aromatic heterocycles. The summed E-state index contributed by atoms with van der Waals surface area (Å²) in [5, 5.41) is 1.73. The van der Waals surface area contributed by atoms with Crippen molar-refractivity contribution in [3.63, 3.8) is 0 Å². The van der Waals surface area contributed by atoms with Crippen molar-refractivity contribution in [1.29, 1.82) is 0 Å². The van der Waals surface area contributed by atoms with Crippen molar-refractivity contribution in [3.05, 3.63) is 41.5 Å². The highest BCUT2D eigenvalue weighted by Gasteiger charge is 2.30. The van der Waals surface area contributed by atoms with Gasteiger partial charge in [0.05, 0.1) is 12.8 Å². The Morgan fingerprint density at radius 3 is 2.48 bits per heavy atom. The largest absolute Gasteiger partial charge is 0.513 e. The second-order valence-electron chi connectivity index (χ2n) is 6.20. The Balaban J connectivity index is 2.75. The van der Waals surface area contributed by atoms with E-state index in [1.807, 2.05) is 51.1 Å². The minimum absolute atomic E-state index is 0.143. The molecule has 118 valence electrons. The van der Waals surface area contributed by atoms with Crippen LogP contribution in [0.2, 0.25) is 0 Å². The Kier molecular flexibility index (Phi) is 4.78. The second kappa shape index (κ2) is 6.45. The fraction of sp³-hybridized carbons (Fsp3) is 0.333. The van der Waals surface area contributed by atoms with Gasteiger partial charge >= 0.3 is 6.16 Å². The quantitative estimate of drug-likeness (QED) is 0.491. The molecule has 2 radical (unpaired) electrons. The molecule has 0 saturated carbocycles. The molecule has 23 heavy (non-hydrogen) atoms. The second-order valence-corrected chi connectivity index (χ2v) is 6.20. The van der Waals surface area contributed by atoms with E-state index in [0.717, 1.165) is 21.9 Å². The number of aryl methyl sites for hydroxylation is 1. The molecule has 2 aromatic carbocycles. The minimum Gasteiger partial charge on any atom is -0.437 e. The molecule has 0 aliphatic heterocycles. The zero-order valence-electron chi connectivity index (χ0n) is 13.8. The van der Waals surface area contributed by atoms with Crippen molar-refractivity contribution < 1.29 is 19.1 Å². The normalized spacial score (nSPS) is 11.3. The van der Waals surface area contributed by atoms with E-state index < -0.39 is 17.3 Å². The average Bonchev–Trinajstić information content (AvgIpc) is 2.45. The topological polar surface area (TPSA) is 52.6 Å². The lowest BCUT2D eigenvalue weighted by atomic mass is 9.74. The summed E-state index contributed by atoms with van der Waals surface area (Å²) in [7, 11) is 6.64. The maximum absolute atomic E-state index is 11.7. The Morgan fingerprint density at radius 2 is 1.87 bits per heavy atom. The third-order valence-corrected chi connectivity index (χ3v) is 3.84. The van der Waals surface area contributed by atoms with E-state index in [1.165, 1.54) is 7.11 Å². The number of carbonyl (C=O) groups excluding carboxylic acids is 2. The van der Waals surface area contributed by atoms with Gasteiger partial charge in [-0.25, -0.2) is 4.79 Å². The van der Waals surface area contributed by atoms with E-state index in [4.69, 9.17) is 12.6 Å². The van der Waals surface area contributed by atoms with Gasteiger partial charge in [-0.2, -0.15) is 0 Å². The van der Waals surface area contributed by atoms with Crippen molar-refractivity contribution in [2.24, 2.45) is 0 Å². The summed E-state index contributed by atoms with van der Waals surface area (Å²) in [6, 6.07) is 9.61. The number of carbonyl (C=O) groups is 2. The molecule has 0 aliphatic carbocycles. The number of rotatable bonds is 4. The van der Waals surface area contributed by atoms with Crippen molar-refractivity contribution in [3.8, 4) is 5.75 Å². The first-order valence-corrected chi connectivity index (χ1v) is 7.33. The first-order valence-electron chi connectivity index (χ1n) is 7.33. The molecular formula is C18H19BO4. The van der Waals surface area contributed by atoms with Gasteiger partial charge in [0.1, 0.15) is 5.75 Å². The zero-order valence-corrected chi connectivity index (χ0v) is 13.8. The van der Waals surface area contributed by atoms with Crippen LogP contribution in [-0.2, 0) is 14.9 Å². The van der Waals surface area contributed by atoms with Gasteiger partial charge in [-0.3, -0.25) is 0 Å². The summed E-state index contributed by atoms with van der Waals surface area (Å²) in [6.07, 6.45) is -0.652. The Labute approximate surface area is 137 Å². The minimum atomic E-state index is -0.795. The van der Waals surface area contributed by atoms with Crippen LogP contribution >= 0.6 is 0 Å². The predicted octanol–water partition coefficient (Wildman–Crippen LogP) is 3.66. The van der Waals surface area contributed by atoms with Gasteiger partial charge in [-0.15, -0.1) is 0 Å². The lowest BCUT2D eigenvalue weighted by molar-refractivity contribution is -0.112. The van der Waals surface area contributed by atoms with Gasteiger partial charge < -0.3 is 14.3 Å². The van der Waals surface area contributed by atoms with E-state index in [-0.39, 0.29) is 6.42 Å². The Morgan fingerprint density at radius 1 is 1.22 bits per heavy atom. The monoisotopic (exact) mass is 310 g/mol. The lowest BCUT2D eigenvalue weighted by Gasteiger charge is -2.29. The van der Waals surface area contributed by atoms with Crippen LogP contribution in [-0.4, -0.2) is 26.8 Å². The van der Waals surface area contributed by atoms with Crippen molar-refractivity contribution >= 4 is 30.5 Å². The average molecular weight is 310 g/mol. The fourth-order valence-corrected chi connectivity index (χ4v) is 3.04. The molecule has 5 heteroatoms. The van der Waals surface area contributed by atoms with E-state index in [0.29, 0.717) is 5.75 Å². The maximum Gasteiger partial charge on any atom is 0.513 e. The first kappa shape index (κ1) is 17.1. The Hall–Kier alpha value is -2.30. The Bertz CT molecular complexity index is 765. The van der Waals surface area contributed by atoms with Gasteiger partial charge in [0, 0.05) is 17.4 Å². The highest BCUT2D eigenvalue weighted by Crippen LogP contribution is 2.41. The molecule has 0 atom stereocenters. The number of hydrogen-bond donors (Lipinski definition) is 0. The molecule has 0 saturated heterocycles. The van der Waals surface area contributed by atoms with Gasteiger partial charge in [0.15, 0.2) is 7.85 Å².